The summed E-state index contributed by atoms with van der Waals surface area (Å²) >= 11 is 5.86. The maximum Gasteiger partial charge on any atom is 0.255 e. The molecule has 1 aliphatic heterocycles. The van der Waals surface area contributed by atoms with Gasteiger partial charge in [-0.25, -0.2) is 13.6 Å². The van der Waals surface area contributed by atoms with Crippen LogP contribution >= 0.6 is 11.6 Å². The SMILES string of the molecule is CC1(C)NC(=O)c2cc(S(N)(=O)=O)c(Cl)cc2N1. The van der Waals surface area contributed by atoms with Crippen LogP contribution in [0.3, 0.4) is 0 Å². The van der Waals surface area contributed by atoms with E-state index in [1.165, 1.54) is 12.1 Å². The van der Waals surface area contributed by atoms with Crippen LogP contribution < -0.4 is 15.8 Å². The number of hydrogen-bond acceptors (Lipinski definition) is 4. The van der Waals surface area contributed by atoms with E-state index >= 15 is 0 Å². The summed E-state index contributed by atoms with van der Waals surface area (Å²) in [6.45, 7) is 3.55. The van der Waals surface area contributed by atoms with Crippen LogP contribution in [0.15, 0.2) is 17.0 Å². The second-order valence-corrected chi connectivity index (χ2v) is 6.51. The summed E-state index contributed by atoms with van der Waals surface area (Å²) in [4.78, 5) is 11.6. The summed E-state index contributed by atoms with van der Waals surface area (Å²) in [5.74, 6) is -0.379. The molecule has 18 heavy (non-hydrogen) atoms. The lowest BCUT2D eigenvalue weighted by Crippen LogP contribution is -2.53. The third kappa shape index (κ3) is 2.29. The molecule has 1 aromatic carbocycles. The first kappa shape index (κ1) is 13.1. The highest BCUT2D eigenvalue weighted by molar-refractivity contribution is 7.89. The third-order valence-corrected chi connectivity index (χ3v) is 3.87. The minimum absolute atomic E-state index is 0.0192. The van der Waals surface area contributed by atoms with Gasteiger partial charge < -0.3 is 10.6 Å². The van der Waals surface area contributed by atoms with Gasteiger partial charge in [0.05, 0.1) is 16.3 Å². The maximum atomic E-state index is 11.9. The van der Waals surface area contributed by atoms with Crippen molar-refractivity contribution in [2.24, 2.45) is 5.14 Å². The van der Waals surface area contributed by atoms with E-state index in [4.69, 9.17) is 16.7 Å². The van der Waals surface area contributed by atoms with Gasteiger partial charge in [0, 0.05) is 0 Å². The number of primary sulfonamides is 1. The maximum absolute atomic E-state index is 11.9. The Kier molecular flexibility index (Phi) is 2.80. The van der Waals surface area contributed by atoms with E-state index in [1.54, 1.807) is 13.8 Å². The highest BCUT2D eigenvalue weighted by Gasteiger charge is 2.31. The number of carbonyl (C=O) groups is 1. The summed E-state index contributed by atoms with van der Waals surface area (Å²) in [5, 5.41) is 10.7. The van der Waals surface area contributed by atoms with Crippen LogP contribution in [-0.4, -0.2) is 20.0 Å². The second-order valence-electron chi connectivity index (χ2n) is 4.58. The Morgan fingerprint density at radius 1 is 1.28 bits per heavy atom. The van der Waals surface area contributed by atoms with Gasteiger partial charge >= 0.3 is 0 Å². The lowest BCUT2D eigenvalue weighted by atomic mass is 10.1. The molecule has 0 radical (unpaired) electrons. The van der Waals surface area contributed by atoms with Crippen molar-refractivity contribution in [1.29, 1.82) is 0 Å². The first-order chi connectivity index (χ1) is 8.10. The minimum atomic E-state index is -3.96. The lowest BCUT2D eigenvalue weighted by Gasteiger charge is -2.34. The number of amides is 1. The Hall–Kier alpha value is -1.31. The molecular formula is C10H12ClN3O3S. The van der Waals surface area contributed by atoms with Crippen LogP contribution in [0.25, 0.3) is 0 Å². The zero-order valence-corrected chi connectivity index (χ0v) is 11.3. The molecule has 2 rings (SSSR count). The van der Waals surface area contributed by atoms with Gasteiger partial charge in [-0.05, 0) is 26.0 Å². The van der Waals surface area contributed by atoms with Gasteiger partial charge in [-0.15, -0.1) is 0 Å². The molecule has 0 saturated carbocycles. The van der Waals surface area contributed by atoms with Crippen molar-refractivity contribution >= 4 is 33.2 Å². The van der Waals surface area contributed by atoms with E-state index in [1.807, 2.05) is 0 Å². The Bertz CT molecular complexity index is 640. The van der Waals surface area contributed by atoms with Gasteiger partial charge in [-0.1, -0.05) is 11.6 Å². The molecule has 1 aliphatic rings. The first-order valence-electron chi connectivity index (χ1n) is 5.07. The normalized spacial score (nSPS) is 17.7. The average Bonchev–Trinajstić information content (AvgIpc) is 2.11. The molecule has 6 nitrogen and oxygen atoms in total. The van der Waals surface area contributed by atoms with Gasteiger partial charge in [0.15, 0.2) is 0 Å². The second kappa shape index (κ2) is 3.84. The number of sulfonamides is 1. The fraction of sp³-hybridized carbons (Fsp3) is 0.300. The van der Waals surface area contributed by atoms with E-state index in [-0.39, 0.29) is 21.4 Å². The average molecular weight is 290 g/mol. The highest BCUT2D eigenvalue weighted by atomic mass is 35.5. The standard InChI is InChI=1S/C10H12ClN3O3S/c1-10(2)13-7-4-6(11)8(18(12,16)17)3-5(7)9(15)14-10/h3-4,13H,1-2H3,(H,14,15)(H2,12,16,17). The molecular weight excluding hydrogens is 278 g/mol. The summed E-state index contributed by atoms with van der Waals surface area (Å²) in [5.41, 5.74) is 0.0418. The van der Waals surface area contributed by atoms with Crippen molar-refractivity contribution in [1.82, 2.24) is 5.32 Å². The Morgan fingerprint density at radius 3 is 2.44 bits per heavy atom. The molecule has 0 fully saturated rings. The molecule has 1 aromatic rings. The van der Waals surface area contributed by atoms with E-state index in [9.17, 15) is 13.2 Å². The van der Waals surface area contributed by atoms with Crippen molar-refractivity contribution in [3.05, 3.63) is 22.7 Å². The molecule has 1 heterocycles. The van der Waals surface area contributed by atoms with Gasteiger partial charge in [0.25, 0.3) is 5.91 Å². The van der Waals surface area contributed by atoms with Gasteiger partial charge in [0.2, 0.25) is 10.0 Å². The molecule has 0 saturated heterocycles. The fourth-order valence-corrected chi connectivity index (χ4v) is 2.88. The van der Waals surface area contributed by atoms with E-state index < -0.39 is 15.7 Å². The third-order valence-electron chi connectivity index (χ3n) is 2.50. The smallest absolute Gasteiger partial charge is 0.255 e. The number of nitrogens with two attached hydrogens (primary N) is 1. The molecule has 8 heteroatoms. The molecule has 4 N–H and O–H groups in total. The quantitative estimate of drug-likeness (QED) is 0.714. The number of benzene rings is 1. The number of anilines is 1. The molecule has 0 spiro atoms. The summed E-state index contributed by atoms with van der Waals surface area (Å²) in [6.07, 6.45) is 0. The van der Waals surface area contributed by atoms with Crippen molar-refractivity contribution in [3.8, 4) is 0 Å². The monoisotopic (exact) mass is 289 g/mol. The summed E-state index contributed by atoms with van der Waals surface area (Å²) < 4.78 is 22.6. The van der Waals surface area contributed by atoms with Crippen LogP contribution in [0.1, 0.15) is 24.2 Å². The number of fused-ring (bicyclic) bond motifs is 1. The van der Waals surface area contributed by atoms with Crippen molar-refractivity contribution in [2.45, 2.75) is 24.4 Å². The number of hydrogen-bond donors (Lipinski definition) is 3. The molecule has 0 aliphatic carbocycles. The Morgan fingerprint density at radius 2 is 1.89 bits per heavy atom. The molecule has 0 unspecified atom stereocenters. The van der Waals surface area contributed by atoms with E-state index in [0.29, 0.717) is 5.69 Å². The van der Waals surface area contributed by atoms with E-state index in [0.717, 1.165) is 0 Å². The molecule has 1 amide bonds. The first-order valence-corrected chi connectivity index (χ1v) is 7.00. The number of carbonyl (C=O) groups excluding carboxylic acids is 1. The van der Waals surface area contributed by atoms with Crippen LogP contribution in [0.5, 0.6) is 0 Å². The molecule has 0 bridgehead atoms. The van der Waals surface area contributed by atoms with Crippen LogP contribution in [0.4, 0.5) is 5.69 Å². The Balaban J connectivity index is 2.65. The zero-order chi connectivity index (χ0) is 13.7. The predicted molar refractivity (Wildman–Crippen MR) is 68.0 cm³/mol. The largest absolute Gasteiger partial charge is 0.363 e. The fourth-order valence-electron chi connectivity index (χ4n) is 1.78. The minimum Gasteiger partial charge on any atom is -0.363 e. The van der Waals surface area contributed by atoms with Crippen LogP contribution in [-0.2, 0) is 10.0 Å². The van der Waals surface area contributed by atoms with Crippen molar-refractivity contribution in [3.63, 3.8) is 0 Å². The number of nitrogens with one attached hydrogen (secondary N) is 2. The lowest BCUT2D eigenvalue weighted by molar-refractivity contribution is 0.0914. The van der Waals surface area contributed by atoms with Crippen LogP contribution in [0, 0.1) is 0 Å². The Labute approximate surface area is 110 Å². The predicted octanol–water partition coefficient (Wildman–Crippen LogP) is 0.879. The van der Waals surface area contributed by atoms with Crippen molar-refractivity contribution < 1.29 is 13.2 Å². The molecule has 98 valence electrons. The highest BCUT2D eigenvalue weighted by Crippen LogP contribution is 2.31. The summed E-state index contributed by atoms with van der Waals surface area (Å²) in [7, 11) is -3.96. The zero-order valence-electron chi connectivity index (χ0n) is 9.74. The topological polar surface area (TPSA) is 101 Å². The number of rotatable bonds is 1. The van der Waals surface area contributed by atoms with Crippen LogP contribution in [0.2, 0.25) is 5.02 Å². The molecule has 0 atom stereocenters. The van der Waals surface area contributed by atoms with Gasteiger partial charge in [-0.3, -0.25) is 4.79 Å². The molecule has 0 aromatic heterocycles. The number of halogens is 1. The van der Waals surface area contributed by atoms with E-state index in [2.05, 4.69) is 10.6 Å². The van der Waals surface area contributed by atoms with Gasteiger partial charge in [0.1, 0.15) is 10.6 Å². The van der Waals surface area contributed by atoms with Gasteiger partial charge in [-0.2, -0.15) is 0 Å². The summed E-state index contributed by atoms with van der Waals surface area (Å²) in [6, 6.07) is 2.56. The van der Waals surface area contributed by atoms with Crippen molar-refractivity contribution in [2.75, 3.05) is 5.32 Å².